The number of aryl methyl sites for hydroxylation is 1. The van der Waals surface area contributed by atoms with Gasteiger partial charge in [0.15, 0.2) is 0 Å². The third-order valence-corrected chi connectivity index (χ3v) is 3.07. The fourth-order valence-electron chi connectivity index (χ4n) is 1.92. The Bertz CT molecular complexity index is 335. The van der Waals surface area contributed by atoms with Gasteiger partial charge in [-0.25, -0.2) is 0 Å². The average molecular weight is 250 g/mol. The van der Waals surface area contributed by atoms with Crippen LogP contribution in [0.2, 0.25) is 0 Å². The van der Waals surface area contributed by atoms with Crippen LogP contribution in [-0.2, 0) is 6.42 Å². The summed E-state index contributed by atoms with van der Waals surface area (Å²) in [5, 5.41) is 9.64. The van der Waals surface area contributed by atoms with Crippen LogP contribution < -0.4 is 4.74 Å². The highest BCUT2D eigenvalue weighted by molar-refractivity contribution is 5.27. The first-order valence-electron chi connectivity index (χ1n) is 6.88. The lowest BCUT2D eigenvalue weighted by Gasteiger charge is -2.19. The highest BCUT2D eigenvalue weighted by atomic mass is 16.5. The molecule has 2 nitrogen and oxygen atoms in total. The van der Waals surface area contributed by atoms with Gasteiger partial charge in [-0.3, -0.25) is 0 Å². The predicted molar refractivity (Wildman–Crippen MR) is 76.1 cm³/mol. The molecule has 1 N–H and O–H groups in total. The van der Waals surface area contributed by atoms with Gasteiger partial charge in [-0.05, 0) is 64.2 Å². The molecule has 1 aromatic rings. The van der Waals surface area contributed by atoms with Crippen LogP contribution in [0.3, 0.4) is 0 Å². The number of aliphatic hydroxyl groups is 1. The second-order valence-corrected chi connectivity index (χ2v) is 5.63. The number of hydrogen-bond donors (Lipinski definition) is 1. The SMILES string of the molecule is CCc1ccc(OC(C)CCCC(C)(C)O)cc1. The molecule has 0 aliphatic rings. The van der Waals surface area contributed by atoms with Crippen molar-refractivity contribution in [1.82, 2.24) is 0 Å². The topological polar surface area (TPSA) is 29.5 Å². The fourth-order valence-corrected chi connectivity index (χ4v) is 1.92. The van der Waals surface area contributed by atoms with Gasteiger partial charge in [-0.1, -0.05) is 19.1 Å². The van der Waals surface area contributed by atoms with Crippen molar-refractivity contribution in [2.24, 2.45) is 0 Å². The summed E-state index contributed by atoms with van der Waals surface area (Å²) >= 11 is 0. The van der Waals surface area contributed by atoms with Crippen molar-refractivity contribution in [1.29, 1.82) is 0 Å². The number of ether oxygens (including phenoxy) is 1. The predicted octanol–water partition coefficient (Wildman–Crippen LogP) is 3.96. The van der Waals surface area contributed by atoms with Gasteiger partial charge >= 0.3 is 0 Å². The Morgan fingerprint density at radius 1 is 1.22 bits per heavy atom. The van der Waals surface area contributed by atoms with E-state index in [2.05, 4.69) is 26.0 Å². The minimum Gasteiger partial charge on any atom is -0.491 e. The lowest BCUT2D eigenvalue weighted by atomic mass is 10.0. The van der Waals surface area contributed by atoms with Crippen LogP contribution in [0.5, 0.6) is 5.75 Å². The molecule has 18 heavy (non-hydrogen) atoms. The zero-order valence-electron chi connectivity index (χ0n) is 12.1. The van der Waals surface area contributed by atoms with Crippen molar-refractivity contribution in [2.45, 2.75) is 65.1 Å². The molecule has 0 spiro atoms. The first-order chi connectivity index (χ1) is 8.40. The van der Waals surface area contributed by atoms with E-state index in [-0.39, 0.29) is 6.10 Å². The van der Waals surface area contributed by atoms with Crippen molar-refractivity contribution in [3.8, 4) is 5.75 Å². The molecule has 0 bridgehead atoms. The van der Waals surface area contributed by atoms with Crippen LogP contribution in [0.15, 0.2) is 24.3 Å². The Labute approximate surface area is 111 Å². The molecular weight excluding hydrogens is 224 g/mol. The summed E-state index contributed by atoms with van der Waals surface area (Å²) < 4.78 is 5.85. The Balaban J connectivity index is 2.32. The number of rotatable bonds is 7. The smallest absolute Gasteiger partial charge is 0.119 e. The third kappa shape index (κ3) is 6.06. The molecule has 0 aliphatic carbocycles. The summed E-state index contributed by atoms with van der Waals surface area (Å²) in [6.45, 7) is 7.93. The van der Waals surface area contributed by atoms with Crippen LogP contribution in [0, 0.1) is 0 Å². The second kappa shape index (κ2) is 6.79. The van der Waals surface area contributed by atoms with Crippen molar-refractivity contribution in [3.05, 3.63) is 29.8 Å². The van der Waals surface area contributed by atoms with Crippen LogP contribution in [0.1, 0.15) is 52.5 Å². The van der Waals surface area contributed by atoms with Crippen molar-refractivity contribution in [3.63, 3.8) is 0 Å². The van der Waals surface area contributed by atoms with E-state index in [0.29, 0.717) is 0 Å². The Kier molecular flexibility index (Phi) is 5.67. The molecule has 1 atom stereocenters. The fraction of sp³-hybridized carbons (Fsp3) is 0.625. The quantitative estimate of drug-likeness (QED) is 0.793. The molecule has 102 valence electrons. The third-order valence-electron chi connectivity index (χ3n) is 3.07. The van der Waals surface area contributed by atoms with Crippen LogP contribution in [0.25, 0.3) is 0 Å². The lowest BCUT2D eigenvalue weighted by Crippen LogP contribution is -2.20. The van der Waals surface area contributed by atoms with E-state index < -0.39 is 5.60 Å². The van der Waals surface area contributed by atoms with Gasteiger partial charge in [-0.15, -0.1) is 0 Å². The Morgan fingerprint density at radius 2 is 1.83 bits per heavy atom. The molecule has 0 amide bonds. The maximum atomic E-state index is 9.64. The molecule has 2 heteroatoms. The van der Waals surface area contributed by atoms with Gasteiger partial charge in [0.25, 0.3) is 0 Å². The summed E-state index contributed by atoms with van der Waals surface area (Å²) in [6, 6.07) is 8.29. The molecule has 0 aromatic heterocycles. The van der Waals surface area contributed by atoms with Crippen molar-refractivity contribution in [2.75, 3.05) is 0 Å². The highest BCUT2D eigenvalue weighted by Crippen LogP contribution is 2.18. The summed E-state index contributed by atoms with van der Waals surface area (Å²) in [6.07, 6.45) is 4.02. The first-order valence-corrected chi connectivity index (χ1v) is 6.88. The highest BCUT2D eigenvalue weighted by Gasteiger charge is 2.13. The Morgan fingerprint density at radius 3 is 2.33 bits per heavy atom. The number of hydrogen-bond acceptors (Lipinski definition) is 2. The summed E-state index contributed by atoms with van der Waals surface area (Å²) in [5.74, 6) is 0.933. The zero-order chi connectivity index (χ0) is 13.6. The van der Waals surface area contributed by atoms with E-state index in [1.165, 1.54) is 5.56 Å². The summed E-state index contributed by atoms with van der Waals surface area (Å²) in [4.78, 5) is 0. The molecule has 1 rings (SSSR count). The monoisotopic (exact) mass is 250 g/mol. The van der Waals surface area contributed by atoms with Gasteiger partial charge in [0.2, 0.25) is 0 Å². The second-order valence-electron chi connectivity index (χ2n) is 5.63. The molecule has 0 saturated carbocycles. The van der Waals surface area contributed by atoms with Gasteiger partial charge in [0, 0.05) is 0 Å². The van der Waals surface area contributed by atoms with Crippen LogP contribution >= 0.6 is 0 Å². The normalized spacial score (nSPS) is 13.4. The maximum absolute atomic E-state index is 9.64. The summed E-state index contributed by atoms with van der Waals surface area (Å²) in [5.41, 5.74) is 0.764. The molecule has 0 heterocycles. The van der Waals surface area contributed by atoms with Crippen LogP contribution in [-0.4, -0.2) is 16.8 Å². The number of benzene rings is 1. The molecule has 1 aromatic carbocycles. The van der Waals surface area contributed by atoms with Gasteiger partial charge < -0.3 is 9.84 Å². The van der Waals surface area contributed by atoms with Crippen molar-refractivity contribution < 1.29 is 9.84 Å². The average Bonchev–Trinajstić information content (AvgIpc) is 2.28. The molecule has 0 fully saturated rings. The standard InChI is InChI=1S/C16H26O2/c1-5-14-8-10-15(11-9-14)18-13(2)7-6-12-16(3,4)17/h8-11,13,17H,5-7,12H2,1-4H3. The van der Waals surface area contributed by atoms with Gasteiger partial charge in [-0.2, -0.15) is 0 Å². The van der Waals surface area contributed by atoms with E-state index >= 15 is 0 Å². The zero-order valence-corrected chi connectivity index (χ0v) is 12.1. The van der Waals surface area contributed by atoms with E-state index in [9.17, 15) is 5.11 Å². The molecule has 0 aliphatic heterocycles. The Hall–Kier alpha value is -1.02. The molecule has 0 radical (unpaired) electrons. The minimum atomic E-state index is -0.567. The van der Waals surface area contributed by atoms with Gasteiger partial charge in [0.1, 0.15) is 5.75 Å². The van der Waals surface area contributed by atoms with E-state index in [1.807, 2.05) is 26.0 Å². The largest absolute Gasteiger partial charge is 0.491 e. The lowest BCUT2D eigenvalue weighted by molar-refractivity contribution is 0.0644. The first kappa shape index (κ1) is 15.0. The van der Waals surface area contributed by atoms with Crippen molar-refractivity contribution >= 4 is 0 Å². The maximum Gasteiger partial charge on any atom is 0.119 e. The van der Waals surface area contributed by atoms with Crippen LogP contribution in [0.4, 0.5) is 0 Å². The van der Waals surface area contributed by atoms with E-state index in [1.54, 1.807) is 0 Å². The summed E-state index contributed by atoms with van der Waals surface area (Å²) in [7, 11) is 0. The molecule has 1 unspecified atom stereocenters. The van der Waals surface area contributed by atoms with Gasteiger partial charge in [0.05, 0.1) is 11.7 Å². The molecular formula is C16H26O2. The van der Waals surface area contributed by atoms with E-state index in [4.69, 9.17) is 4.74 Å². The minimum absolute atomic E-state index is 0.194. The van der Waals surface area contributed by atoms with E-state index in [0.717, 1.165) is 31.4 Å². The molecule has 0 saturated heterocycles.